The van der Waals surface area contributed by atoms with Gasteiger partial charge in [0.1, 0.15) is 6.54 Å². The first-order valence-corrected chi connectivity index (χ1v) is 8.60. The van der Waals surface area contributed by atoms with Gasteiger partial charge in [-0.2, -0.15) is 18.3 Å². The number of carbonyl (C=O) groups is 1. The zero-order chi connectivity index (χ0) is 17.7. The summed E-state index contributed by atoms with van der Waals surface area (Å²) in [6.07, 6.45) is -0.206. The average Bonchev–Trinajstić information content (AvgIpc) is 2.90. The zero-order valence-electron chi connectivity index (χ0n) is 13.4. The van der Waals surface area contributed by atoms with Crippen LogP contribution in [-0.2, 0) is 30.4 Å². The minimum absolute atomic E-state index is 0.200. The van der Waals surface area contributed by atoms with E-state index in [0.717, 1.165) is 17.7 Å². The molecule has 1 aliphatic carbocycles. The van der Waals surface area contributed by atoms with Crippen LogP contribution >= 0.6 is 11.8 Å². The summed E-state index contributed by atoms with van der Waals surface area (Å²) in [5.41, 5.74) is -0.0605. The quantitative estimate of drug-likeness (QED) is 0.843. The molecule has 1 aliphatic rings. The van der Waals surface area contributed by atoms with E-state index in [1.54, 1.807) is 5.41 Å². The lowest BCUT2D eigenvalue weighted by Gasteiger charge is -2.14. The molecule has 1 amide bonds. The zero-order valence-corrected chi connectivity index (χ0v) is 14.3. The Hall–Kier alpha value is -1.70. The van der Waals surface area contributed by atoms with E-state index in [9.17, 15) is 18.0 Å². The van der Waals surface area contributed by atoms with Crippen LogP contribution in [0.3, 0.4) is 0 Å². The SMILES string of the molecule is C=CS/C(=C/C)CNC(=O)Cn1nc(C(F)(F)F)c2c1CCCC2. The summed E-state index contributed by atoms with van der Waals surface area (Å²) < 4.78 is 40.6. The number of thioether (sulfide) groups is 1. The van der Waals surface area contributed by atoms with Gasteiger partial charge in [0.25, 0.3) is 0 Å². The Morgan fingerprint density at radius 3 is 2.75 bits per heavy atom. The van der Waals surface area contributed by atoms with Gasteiger partial charge >= 0.3 is 6.18 Å². The van der Waals surface area contributed by atoms with Crippen LogP contribution < -0.4 is 5.32 Å². The van der Waals surface area contributed by atoms with Gasteiger partial charge in [0.15, 0.2) is 5.69 Å². The van der Waals surface area contributed by atoms with E-state index in [2.05, 4.69) is 17.0 Å². The summed E-state index contributed by atoms with van der Waals surface area (Å²) in [6.45, 7) is 5.57. The van der Waals surface area contributed by atoms with Crippen LogP contribution in [0.5, 0.6) is 0 Å². The molecule has 0 saturated heterocycles. The average molecular weight is 359 g/mol. The molecule has 1 aromatic rings. The molecule has 24 heavy (non-hydrogen) atoms. The molecule has 0 saturated carbocycles. The molecular formula is C16H20F3N3OS. The molecule has 0 radical (unpaired) electrons. The molecule has 0 bridgehead atoms. The Morgan fingerprint density at radius 1 is 1.42 bits per heavy atom. The summed E-state index contributed by atoms with van der Waals surface area (Å²) in [4.78, 5) is 13.0. The minimum Gasteiger partial charge on any atom is -0.350 e. The van der Waals surface area contributed by atoms with Gasteiger partial charge in [-0.05, 0) is 38.0 Å². The lowest BCUT2D eigenvalue weighted by atomic mass is 9.95. The van der Waals surface area contributed by atoms with Gasteiger partial charge in [-0.1, -0.05) is 12.7 Å². The van der Waals surface area contributed by atoms with E-state index in [1.807, 2.05) is 13.0 Å². The first-order chi connectivity index (χ1) is 11.4. The van der Waals surface area contributed by atoms with Crippen LogP contribution in [0.4, 0.5) is 13.2 Å². The van der Waals surface area contributed by atoms with Crippen LogP contribution in [0.25, 0.3) is 0 Å². The first-order valence-electron chi connectivity index (χ1n) is 7.72. The summed E-state index contributed by atoms with van der Waals surface area (Å²) in [5.74, 6) is -0.358. The van der Waals surface area contributed by atoms with Crippen molar-refractivity contribution >= 4 is 17.7 Å². The van der Waals surface area contributed by atoms with E-state index < -0.39 is 11.9 Å². The summed E-state index contributed by atoms with van der Waals surface area (Å²) >= 11 is 1.39. The predicted molar refractivity (Wildman–Crippen MR) is 88.4 cm³/mol. The van der Waals surface area contributed by atoms with Crippen molar-refractivity contribution in [1.82, 2.24) is 15.1 Å². The van der Waals surface area contributed by atoms with Gasteiger partial charge < -0.3 is 5.32 Å². The Bertz CT molecular complexity index is 650. The van der Waals surface area contributed by atoms with Crippen LogP contribution in [0.2, 0.25) is 0 Å². The van der Waals surface area contributed by atoms with Gasteiger partial charge in [-0.25, -0.2) is 0 Å². The van der Waals surface area contributed by atoms with E-state index in [4.69, 9.17) is 0 Å². The van der Waals surface area contributed by atoms with E-state index >= 15 is 0 Å². The van der Waals surface area contributed by atoms with E-state index in [0.29, 0.717) is 25.1 Å². The third-order valence-electron chi connectivity index (χ3n) is 3.84. The lowest BCUT2D eigenvalue weighted by Crippen LogP contribution is -2.30. The van der Waals surface area contributed by atoms with Gasteiger partial charge in [0.05, 0.1) is 0 Å². The van der Waals surface area contributed by atoms with Crippen molar-refractivity contribution < 1.29 is 18.0 Å². The molecule has 0 unspecified atom stereocenters. The third kappa shape index (κ3) is 4.43. The maximum Gasteiger partial charge on any atom is 0.435 e. The van der Waals surface area contributed by atoms with Crippen molar-refractivity contribution in [3.63, 3.8) is 0 Å². The molecule has 0 aromatic carbocycles. The molecule has 0 atom stereocenters. The number of nitrogens with one attached hydrogen (secondary N) is 1. The molecule has 4 nitrogen and oxygen atoms in total. The largest absolute Gasteiger partial charge is 0.435 e. The smallest absolute Gasteiger partial charge is 0.350 e. The fraction of sp³-hybridized carbons (Fsp3) is 0.500. The van der Waals surface area contributed by atoms with E-state index in [1.165, 1.54) is 16.4 Å². The molecular weight excluding hydrogens is 339 g/mol. The number of aromatic nitrogens is 2. The van der Waals surface area contributed by atoms with Gasteiger partial charge in [0.2, 0.25) is 5.91 Å². The molecule has 1 heterocycles. The number of amides is 1. The highest BCUT2D eigenvalue weighted by molar-refractivity contribution is 8.05. The molecule has 0 aliphatic heterocycles. The van der Waals surface area contributed by atoms with Crippen LogP contribution in [-0.4, -0.2) is 22.2 Å². The number of carbonyl (C=O) groups excluding carboxylic acids is 1. The number of rotatable bonds is 6. The maximum absolute atomic E-state index is 13.1. The number of alkyl halides is 3. The van der Waals surface area contributed by atoms with Crippen LogP contribution in [0, 0.1) is 0 Å². The maximum atomic E-state index is 13.1. The summed E-state index contributed by atoms with van der Waals surface area (Å²) in [7, 11) is 0. The van der Waals surface area contributed by atoms with Crippen LogP contribution in [0.15, 0.2) is 23.0 Å². The Morgan fingerprint density at radius 2 is 2.12 bits per heavy atom. The molecule has 1 aromatic heterocycles. The van der Waals surface area contributed by atoms with E-state index in [-0.39, 0.29) is 18.0 Å². The molecule has 0 spiro atoms. The number of hydrogen-bond donors (Lipinski definition) is 1. The second kappa shape index (κ2) is 7.92. The molecule has 1 N–H and O–H groups in total. The Kier molecular flexibility index (Phi) is 6.15. The van der Waals surface area contributed by atoms with Crippen molar-refractivity contribution in [2.24, 2.45) is 0 Å². The lowest BCUT2D eigenvalue weighted by molar-refractivity contribution is -0.142. The fourth-order valence-electron chi connectivity index (χ4n) is 2.73. The second-order valence-corrected chi connectivity index (χ2v) is 6.55. The second-order valence-electron chi connectivity index (χ2n) is 5.45. The predicted octanol–water partition coefficient (Wildman–Crippen LogP) is 3.68. The van der Waals surface area contributed by atoms with Crippen molar-refractivity contribution in [3.8, 4) is 0 Å². The number of hydrogen-bond acceptors (Lipinski definition) is 3. The molecule has 2 rings (SSSR count). The number of allylic oxidation sites excluding steroid dienone is 1. The number of halogens is 3. The monoisotopic (exact) mass is 359 g/mol. The topological polar surface area (TPSA) is 46.9 Å². The highest BCUT2D eigenvalue weighted by atomic mass is 32.2. The Balaban J connectivity index is 2.11. The van der Waals surface area contributed by atoms with Crippen molar-refractivity contribution in [2.75, 3.05) is 6.54 Å². The molecule has 8 heteroatoms. The first kappa shape index (κ1) is 18.6. The summed E-state index contributed by atoms with van der Waals surface area (Å²) in [5, 5.41) is 8.04. The summed E-state index contributed by atoms with van der Waals surface area (Å²) in [6, 6.07) is 0. The van der Waals surface area contributed by atoms with Crippen molar-refractivity contribution in [3.05, 3.63) is 39.9 Å². The van der Waals surface area contributed by atoms with Gasteiger partial charge in [-0.15, -0.1) is 11.8 Å². The van der Waals surface area contributed by atoms with Gasteiger partial charge in [-0.3, -0.25) is 9.48 Å². The standard InChI is InChI=1S/C16H20F3N3OS/c1-3-11(24-4-2)9-20-14(23)10-22-13-8-6-5-7-12(13)15(21-22)16(17,18)19/h3-4H,2,5-10H2,1H3,(H,20,23)/b11-3+. The highest BCUT2D eigenvalue weighted by Gasteiger charge is 2.39. The number of nitrogens with zero attached hydrogens (tertiary/aromatic N) is 2. The van der Waals surface area contributed by atoms with Crippen molar-refractivity contribution in [1.29, 1.82) is 0 Å². The normalized spacial score (nSPS) is 15.1. The molecule has 132 valence electrons. The minimum atomic E-state index is -4.48. The third-order valence-corrected chi connectivity index (χ3v) is 4.68. The van der Waals surface area contributed by atoms with Crippen LogP contribution in [0.1, 0.15) is 36.7 Å². The molecule has 0 fully saturated rings. The number of fused-ring (bicyclic) bond motifs is 1. The Labute approximate surface area is 143 Å². The van der Waals surface area contributed by atoms with Crippen molar-refractivity contribution in [2.45, 2.75) is 45.3 Å². The van der Waals surface area contributed by atoms with Gasteiger partial charge in [0, 0.05) is 22.7 Å². The fourth-order valence-corrected chi connectivity index (χ4v) is 3.23. The highest BCUT2D eigenvalue weighted by Crippen LogP contribution is 2.35.